The lowest BCUT2D eigenvalue weighted by Crippen LogP contribution is -2.47. The first kappa shape index (κ1) is 52.6. The van der Waals surface area contributed by atoms with E-state index in [0.717, 1.165) is 43.4 Å². The Balaban J connectivity index is 1.58. The van der Waals surface area contributed by atoms with Crippen molar-refractivity contribution in [1.29, 1.82) is 0 Å². The van der Waals surface area contributed by atoms with Crippen molar-refractivity contribution in [2.45, 2.75) is 153 Å². The molecule has 1 aliphatic carbocycles. The maximum atomic E-state index is 13.0. The van der Waals surface area contributed by atoms with Crippen LogP contribution in [-0.4, -0.2) is 151 Å². The van der Waals surface area contributed by atoms with E-state index in [0.29, 0.717) is 64.5 Å². The van der Waals surface area contributed by atoms with Crippen LogP contribution in [0.15, 0.2) is 12.2 Å². The van der Waals surface area contributed by atoms with Crippen molar-refractivity contribution in [1.82, 2.24) is 26.2 Å². The largest absolute Gasteiger partial charge is 0.394 e. The van der Waals surface area contributed by atoms with Gasteiger partial charge in [0, 0.05) is 77.0 Å². The first-order valence-electron chi connectivity index (χ1n) is 21.7. The van der Waals surface area contributed by atoms with Crippen LogP contribution in [0.5, 0.6) is 0 Å². The first-order valence-corrected chi connectivity index (χ1v) is 21.7. The van der Waals surface area contributed by atoms with E-state index in [9.17, 15) is 39.0 Å². The molecule has 2 aliphatic rings. The number of aliphatic hydroxyl groups excluding tert-OH is 3. The van der Waals surface area contributed by atoms with Crippen LogP contribution in [0.4, 0.5) is 0 Å². The highest BCUT2D eigenvalue weighted by Gasteiger charge is 2.36. The summed E-state index contributed by atoms with van der Waals surface area (Å²) in [6.45, 7) is 4.34. The zero-order valence-electron chi connectivity index (χ0n) is 35.7. The van der Waals surface area contributed by atoms with Gasteiger partial charge in [-0.25, -0.2) is 0 Å². The Morgan fingerprint density at radius 2 is 1.40 bits per heavy atom. The number of ether oxygens (including phenoxy) is 4. The fraction of sp³-hybridized carbons (Fsp3) is 0.805. The molecule has 19 heteroatoms. The van der Waals surface area contributed by atoms with Crippen molar-refractivity contribution in [3.8, 4) is 0 Å². The number of carbonyl (C=O) groups is 6. The summed E-state index contributed by atoms with van der Waals surface area (Å²) in [5, 5.41) is 39.7. The van der Waals surface area contributed by atoms with Crippen molar-refractivity contribution in [2.75, 3.05) is 59.2 Å². The average Bonchev–Trinajstić information content (AvgIpc) is 3.83. The van der Waals surface area contributed by atoms with E-state index in [4.69, 9.17) is 29.8 Å². The number of hydrogen-bond donors (Lipinski definition) is 8. The minimum atomic E-state index is -1.29. The number of amides is 6. The van der Waals surface area contributed by atoms with Gasteiger partial charge in [-0.1, -0.05) is 32.6 Å². The quantitative estimate of drug-likeness (QED) is 0.0240. The molecule has 0 saturated heterocycles. The molecule has 2 rings (SSSR count). The van der Waals surface area contributed by atoms with Crippen LogP contribution < -0.4 is 27.0 Å². The summed E-state index contributed by atoms with van der Waals surface area (Å²) in [5.74, 6) is -2.48. The van der Waals surface area contributed by atoms with Crippen LogP contribution >= 0.6 is 0 Å². The van der Waals surface area contributed by atoms with Crippen LogP contribution in [0.25, 0.3) is 0 Å². The Hall–Kier alpha value is -3.56. The van der Waals surface area contributed by atoms with Crippen LogP contribution in [0, 0.1) is 0 Å². The summed E-state index contributed by atoms with van der Waals surface area (Å²) >= 11 is 0. The van der Waals surface area contributed by atoms with Crippen LogP contribution in [0.3, 0.4) is 0 Å². The van der Waals surface area contributed by atoms with Gasteiger partial charge in [-0.2, -0.15) is 0 Å². The minimum absolute atomic E-state index is 0.00476. The molecule has 9 N–H and O–H groups in total. The number of carbonyl (C=O) groups excluding carboxylic acids is 6. The molecule has 5 atom stereocenters. The zero-order valence-corrected chi connectivity index (χ0v) is 35.7. The maximum absolute atomic E-state index is 13.0. The van der Waals surface area contributed by atoms with E-state index < -0.39 is 61.4 Å². The van der Waals surface area contributed by atoms with Crippen LogP contribution in [0.1, 0.15) is 117 Å². The SMILES string of the molecule is CCCCC[C@H](NC(=O)CCCCOC(OC(CO)C(O)CO)[C@H](C)N)C(=O)NCCCCCC(=O)NCCOC1(OCCNC(=O)CCN2C(=O)C=CC2=O)CCCC1. The molecule has 1 saturated carbocycles. The molecule has 0 bridgehead atoms. The van der Waals surface area contributed by atoms with Crippen molar-refractivity contribution in [2.24, 2.45) is 5.73 Å². The molecule has 1 fully saturated rings. The molecule has 1 heterocycles. The Morgan fingerprint density at radius 3 is 2.00 bits per heavy atom. The topological polar surface area (TPSA) is 277 Å². The summed E-state index contributed by atoms with van der Waals surface area (Å²) in [4.78, 5) is 74.6. The Labute approximate surface area is 354 Å². The lowest BCUT2D eigenvalue weighted by molar-refractivity contribution is -0.230. The molecule has 344 valence electrons. The molecule has 3 unspecified atom stereocenters. The summed E-state index contributed by atoms with van der Waals surface area (Å²) in [6.07, 6.45) is 9.21. The summed E-state index contributed by atoms with van der Waals surface area (Å²) < 4.78 is 23.3. The predicted molar refractivity (Wildman–Crippen MR) is 219 cm³/mol. The molecule has 0 aromatic heterocycles. The van der Waals surface area contributed by atoms with Gasteiger partial charge in [0.2, 0.25) is 23.6 Å². The third kappa shape index (κ3) is 21.3. The Morgan fingerprint density at radius 1 is 0.783 bits per heavy atom. The third-order valence-electron chi connectivity index (χ3n) is 10.1. The average molecular weight is 857 g/mol. The first-order chi connectivity index (χ1) is 28.8. The molecular weight excluding hydrogens is 784 g/mol. The molecule has 6 amide bonds. The van der Waals surface area contributed by atoms with Gasteiger partial charge in [-0.15, -0.1) is 0 Å². The monoisotopic (exact) mass is 857 g/mol. The Bertz CT molecular complexity index is 1310. The Kier molecular flexibility index (Phi) is 26.7. The van der Waals surface area contributed by atoms with Gasteiger partial charge in [0.15, 0.2) is 12.1 Å². The highest BCUT2D eigenvalue weighted by Crippen LogP contribution is 2.34. The van der Waals surface area contributed by atoms with Gasteiger partial charge in [0.1, 0.15) is 18.2 Å². The molecule has 0 aromatic rings. The number of rotatable bonds is 35. The molecule has 0 radical (unpaired) electrons. The minimum Gasteiger partial charge on any atom is -0.394 e. The van der Waals surface area contributed by atoms with Gasteiger partial charge in [-0.3, -0.25) is 33.7 Å². The van der Waals surface area contributed by atoms with E-state index in [-0.39, 0.29) is 69.4 Å². The van der Waals surface area contributed by atoms with Crippen molar-refractivity contribution in [3.05, 3.63) is 12.2 Å². The fourth-order valence-corrected chi connectivity index (χ4v) is 6.64. The molecule has 1 aliphatic heterocycles. The van der Waals surface area contributed by atoms with Crippen molar-refractivity contribution < 1.29 is 63.0 Å². The summed E-state index contributed by atoms with van der Waals surface area (Å²) in [7, 11) is 0. The second-order valence-electron chi connectivity index (χ2n) is 15.3. The van der Waals surface area contributed by atoms with E-state index in [1.165, 1.54) is 12.2 Å². The normalized spacial score (nSPS) is 17.3. The molecule has 60 heavy (non-hydrogen) atoms. The lowest BCUT2D eigenvalue weighted by Gasteiger charge is -2.29. The number of unbranched alkanes of at least 4 members (excludes halogenated alkanes) is 5. The van der Waals surface area contributed by atoms with E-state index >= 15 is 0 Å². The number of nitrogens with two attached hydrogens (primary N) is 1. The van der Waals surface area contributed by atoms with Gasteiger partial charge in [0.25, 0.3) is 11.8 Å². The highest BCUT2D eigenvalue weighted by molar-refractivity contribution is 6.13. The van der Waals surface area contributed by atoms with Gasteiger partial charge in [0.05, 0.1) is 32.5 Å². The zero-order chi connectivity index (χ0) is 44.2. The summed E-state index contributed by atoms with van der Waals surface area (Å²) in [5.41, 5.74) is 5.91. The standard InChI is InChI=1S/C41H72N6O13/c1-3-4-6-13-31(46-36(53)15-8-12-25-57-40(30(2)42)60-33(29-49)32(50)28-48)39(56)45-21-11-5-7-14-34(51)43-22-26-58-41(19-9-10-20-41)59-27-23-44-35(52)18-24-47-37(54)16-17-38(47)55/h16-17,30-33,40,48-50H,3-15,18-29,42H2,1-2H3,(H,43,51)(H,44,52)(H,45,56)(H,46,53)/t30-,31-,32?,33?,40?/m0/s1. The number of nitrogens with one attached hydrogen (secondary N) is 4. The lowest BCUT2D eigenvalue weighted by atomic mass is 10.1. The van der Waals surface area contributed by atoms with Crippen LogP contribution in [-0.2, 0) is 47.7 Å². The van der Waals surface area contributed by atoms with Gasteiger partial charge in [-0.05, 0) is 51.9 Å². The van der Waals surface area contributed by atoms with E-state index in [1.807, 2.05) is 0 Å². The molecule has 0 aromatic carbocycles. The summed E-state index contributed by atoms with van der Waals surface area (Å²) in [6, 6.07) is -1.23. The number of aliphatic hydroxyl groups is 3. The van der Waals surface area contributed by atoms with Crippen molar-refractivity contribution in [3.63, 3.8) is 0 Å². The molecule has 19 nitrogen and oxygen atoms in total. The maximum Gasteiger partial charge on any atom is 0.253 e. The molecule has 0 spiro atoms. The second-order valence-corrected chi connectivity index (χ2v) is 15.3. The third-order valence-corrected chi connectivity index (χ3v) is 10.1. The number of imide groups is 1. The molecular formula is C41H72N6O13. The smallest absolute Gasteiger partial charge is 0.253 e. The van der Waals surface area contributed by atoms with Gasteiger partial charge < -0.3 is 61.3 Å². The number of nitrogens with zero attached hydrogens (tertiary/aromatic N) is 1. The van der Waals surface area contributed by atoms with E-state index in [1.54, 1.807) is 6.92 Å². The van der Waals surface area contributed by atoms with Gasteiger partial charge >= 0.3 is 0 Å². The second kappa shape index (κ2) is 30.5. The van der Waals surface area contributed by atoms with E-state index in [2.05, 4.69) is 28.2 Å². The highest BCUT2D eigenvalue weighted by atomic mass is 16.7. The fourth-order valence-electron chi connectivity index (χ4n) is 6.64. The van der Waals surface area contributed by atoms with Crippen LogP contribution in [0.2, 0.25) is 0 Å². The number of hydrogen-bond acceptors (Lipinski definition) is 14. The van der Waals surface area contributed by atoms with Crippen molar-refractivity contribution >= 4 is 35.4 Å². The predicted octanol–water partition coefficient (Wildman–Crippen LogP) is 0.170.